The van der Waals surface area contributed by atoms with Crippen LogP contribution in [0.2, 0.25) is 0 Å². The van der Waals surface area contributed by atoms with Crippen molar-refractivity contribution in [3.63, 3.8) is 0 Å². The van der Waals surface area contributed by atoms with Crippen molar-refractivity contribution in [2.75, 3.05) is 30.4 Å². The van der Waals surface area contributed by atoms with Crippen molar-refractivity contribution >= 4 is 17.3 Å². The van der Waals surface area contributed by atoms with Gasteiger partial charge in [0.25, 0.3) is 0 Å². The van der Waals surface area contributed by atoms with E-state index in [4.69, 9.17) is 10.1 Å². The molecule has 8 nitrogen and oxygen atoms in total. The third kappa shape index (κ3) is 4.94. The number of benzene rings is 1. The highest BCUT2D eigenvalue weighted by atomic mass is 15.4. The first-order valence-corrected chi connectivity index (χ1v) is 13.0. The highest BCUT2D eigenvalue weighted by Crippen LogP contribution is 2.33. The first-order valence-electron chi connectivity index (χ1n) is 13.0. The zero-order valence-electron chi connectivity index (χ0n) is 23.0. The van der Waals surface area contributed by atoms with Gasteiger partial charge < -0.3 is 9.80 Å². The molecule has 0 atom stereocenters. The van der Waals surface area contributed by atoms with Crippen LogP contribution < -0.4 is 9.80 Å². The van der Waals surface area contributed by atoms with Crippen LogP contribution >= 0.6 is 0 Å². The minimum atomic E-state index is 0.768. The van der Waals surface area contributed by atoms with Crippen molar-refractivity contribution in [1.29, 1.82) is 0 Å². The van der Waals surface area contributed by atoms with E-state index in [-0.39, 0.29) is 0 Å². The highest BCUT2D eigenvalue weighted by molar-refractivity contribution is 5.83. The molecule has 0 amide bonds. The Labute approximate surface area is 224 Å². The van der Waals surface area contributed by atoms with Gasteiger partial charge in [0.05, 0.1) is 11.3 Å². The predicted octanol–water partition coefficient (Wildman–Crippen LogP) is 5.66. The van der Waals surface area contributed by atoms with Crippen LogP contribution in [-0.2, 0) is 6.54 Å². The van der Waals surface area contributed by atoms with E-state index in [0.717, 1.165) is 76.0 Å². The minimum absolute atomic E-state index is 0.768. The zero-order chi connectivity index (χ0) is 26.8. The molecule has 0 aliphatic heterocycles. The van der Waals surface area contributed by atoms with Gasteiger partial charge in [0.2, 0.25) is 0 Å². The first-order chi connectivity index (χ1) is 18.4. The van der Waals surface area contributed by atoms with Gasteiger partial charge in [-0.1, -0.05) is 31.2 Å². The van der Waals surface area contributed by atoms with Crippen molar-refractivity contribution < 1.29 is 0 Å². The maximum atomic E-state index is 4.99. The summed E-state index contributed by atoms with van der Waals surface area (Å²) in [5.41, 5.74) is 9.37. The average molecular weight is 507 g/mol. The molecule has 0 aliphatic rings. The van der Waals surface area contributed by atoms with E-state index in [2.05, 4.69) is 83.9 Å². The molecule has 0 unspecified atom stereocenters. The summed E-state index contributed by atoms with van der Waals surface area (Å²) in [6.45, 7) is 10.1. The highest BCUT2D eigenvalue weighted by Gasteiger charge is 2.21. The Bertz CT molecular complexity index is 1560. The van der Waals surface area contributed by atoms with Crippen molar-refractivity contribution in [2.45, 2.75) is 40.7 Å². The molecule has 4 heterocycles. The van der Waals surface area contributed by atoms with Crippen molar-refractivity contribution in [3.05, 3.63) is 83.8 Å². The van der Waals surface area contributed by atoms with E-state index in [1.807, 2.05) is 42.1 Å². The maximum Gasteiger partial charge on any atom is 0.165 e. The largest absolute Gasteiger partial charge is 0.363 e. The Kier molecular flexibility index (Phi) is 7.05. The lowest BCUT2D eigenvalue weighted by atomic mass is 10.0. The quantitative estimate of drug-likeness (QED) is 0.269. The molecule has 4 aromatic heterocycles. The van der Waals surface area contributed by atoms with Gasteiger partial charge in [-0.05, 0) is 49.9 Å². The van der Waals surface area contributed by atoms with Crippen molar-refractivity contribution in [1.82, 2.24) is 29.5 Å². The van der Waals surface area contributed by atoms with E-state index in [1.54, 1.807) is 6.33 Å². The number of nitrogens with zero attached hydrogens (tertiary/aromatic N) is 8. The maximum absolute atomic E-state index is 4.99. The SMILES string of the molecule is CCCN(Cc1ccc(-c2cncnc2)cc1)c1cc(C)nc2c(-c3cnc(N(C)C)cc3C)c(C)nn12. The van der Waals surface area contributed by atoms with Gasteiger partial charge in [0.1, 0.15) is 18.0 Å². The van der Waals surface area contributed by atoms with Crippen LogP contribution in [0.3, 0.4) is 0 Å². The van der Waals surface area contributed by atoms with Crippen LogP contribution in [0.4, 0.5) is 11.6 Å². The number of hydrogen-bond donors (Lipinski definition) is 0. The van der Waals surface area contributed by atoms with Gasteiger partial charge in [-0.25, -0.2) is 19.9 Å². The molecule has 0 radical (unpaired) electrons. The molecule has 0 aliphatic carbocycles. The third-order valence-corrected chi connectivity index (χ3v) is 6.74. The van der Waals surface area contributed by atoms with E-state index in [9.17, 15) is 0 Å². The summed E-state index contributed by atoms with van der Waals surface area (Å²) in [4.78, 5) is 22.3. The topological polar surface area (TPSA) is 75.3 Å². The Balaban J connectivity index is 1.54. The molecule has 0 spiro atoms. The number of pyridine rings is 1. The molecule has 0 bridgehead atoms. The zero-order valence-corrected chi connectivity index (χ0v) is 23.0. The summed E-state index contributed by atoms with van der Waals surface area (Å²) in [5.74, 6) is 1.98. The smallest absolute Gasteiger partial charge is 0.165 e. The summed E-state index contributed by atoms with van der Waals surface area (Å²) in [5, 5.41) is 4.99. The fourth-order valence-electron chi connectivity index (χ4n) is 4.83. The second kappa shape index (κ2) is 10.6. The van der Waals surface area contributed by atoms with Gasteiger partial charge in [-0.2, -0.15) is 9.61 Å². The normalized spacial score (nSPS) is 11.2. The van der Waals surface area contributed by atoms with Crippen molar-refractivity contribution in [2.24, 2.45) is 0 Å². The molecule has 0 saturated carbocycles. The Morgan fingerprint density at radius 3 is 2.29 bits per heavy atom. The third-order valence-electron chi connectivity index (χ3n) is 6.74. The lowest BCUT2D eigenvalue weighted by Gasteiger charge is -2.25. The molecular weight excluding hydrogens is 472 g/mol. The van der Waals surface area contributed by atoms with Gasteiger partial charge in [-0.15, -0.1) is 0 Å². The molecule has 1 aromatic carbocycles. The van der Waals surface area contributed by atoms with Gasteiger partial charge >= 0.3 is 0 Å². The van der Waals surface area contributed by atoms with Crippen LogP contribution in [0.15, 0.2) is 61.3 Å². The second-order valence-electron chi connectivity index (χ2n) is 9.95. The molecule has 5 aromatic rings. The Morgan fingerprint density at radius 1 is 0.895 bits per heavy atom. The minimum Gasteiger partial charge on any atom is -0.363 e. The number of anilines is 2. The number of rotatable bonds is 8. The summed E-state index contributed by atoms with van der Waals surface area (Å²) < 4.78 is 2.00. The van der Waals surface area contributed by atoms with E-state index < -0.39 is 0 Å². The lowest BCUT2D eigenvalue weighted by molar-refractivity contribution is 0.728. The van der Waals surface area contributed by atoms with Crippen molar-refractivity contribution in [3.8, 4) is 22.3 Å². The molecule has 5 rings (SSSR count). The summed E-state index contributed by atoms with van der Waals surface area (Å²) in [6, 6.07) is 12.9. The molecule has 8 heteroatoms. The molecular formula is C30H34N8. The Morgan fingerprint density at radius 2 is 1.63 bits per heavy atom. The summed E-state index contributed by atoms with van der Waals surface area (Å²) in [6.07, 6.45) is 8.19. The van der Waals surface area contributed by atoms with E-state index >= 15 is 0 Å². The molecule has 0 saturated heterocycles. The van der Waals surface area contributed by atoms with Gasteiger partial charge in [0.15, 0.2) is 5.65 Å². The summed E-state index contributed by atoms with van der Waals surface area (Å²) >= 11 is 0. The molecule has 194 valence electrons. The van der Waals surface area contributed by atoms with Gasteiger partial charge in [-0.3, -0.25) is 0 Å². The fourth-order valence-corrected chi connectivity index (χ4v) is 4.83. The van der Waals surface area contributed by atoms with Crippen LogP contribution in [0.25, 0.3) is 27.9 Å². The van der Waals surface area contributed by atoms with E-state index in [0.29, 0.717) is 0 Å². The first kappa shape index (κ1) is 25.3. The second-order valence-corrected chi connectivity index (χ2v) is 9.95. The van der Waals surface area contributed by atoms with Gasteiger partial charge in [0, 0.05) is 68.7 Å². The summed E-state index contributed by atoms with van der Waals surface area (Å²) in [7, 11) is 4.01. The number of aryl methyl sites for hydroxylation is 3. The van der Waals surface area contributed by atoms with E-state index in [1.165, 1.54) is 5.56 Å². The monoisotopic (exact) mass is 506 g/mol. The standard InChI is InChI=1S/C30H34N8/c1-7-12-37(18-23-8-10-24(11-9-23)25-15-31-19-32-16-25)28-14-21(3)34-30-29(22(4)35-38(28)30)26-17-33-27(36(5)6)13-20(26)2/h8-11,13-17,19H,7,12,18H2,1-6H3. The fraction of sp³-hybridized carbons (Fsp3) is 0.300. The van der Waals surface area contributed by atoms with Crippen LogP contribution in [0, 0.1) is 20.8 Å². The van der Waals surface area contributed by atoms with Crippen LogP contribution in [0.1, 0.15) is 35.9 Å². The lowest BCUT2D eigenvalue weighted by Crippen LogP contribution is -2.26. The molecule has 38 heavy (non-hydrogen) atoms. The van der Waals surface area contributed by atoms with Crippen LogP contribution in [0.5, 0.6) is 0 Å². The van der Waals surface area contributed by atoms with Crippen LogP contribution in [-0.4, -0.2) is 50.2 Å². The number of fused-ring (bicyclic) bond motifs is 1. The Hall–Kier alpha value is -4.33. The predicted molar refractivity (Wildman–Crippen MR) is 154 cm³/mol. The molecule has 0 N–H and O–H groups in total. The average Bonchev–Trinajstić information content (AvgIpc) is 3.24. The number of hydrogen-bond acceptors (Lipinski definition) is 7. The molecule has 0 fully saturated rings. The number of aromatic nitrogens is 6.